The molecule has 3 heteroatoms. The fourth-order valence-corrected chi connectivity index (χ4v) is 7.38. The summed E-state index contributed by atoms with van der Waals surface area (Å²) in [7, 11) is 0. The van der Waals surface area contributed by atoms with Crippen LogP contribution in [0.15, 0.2) is 115 Å². The molecule has 0 nitrogen and oxygen atoms in total. The van der Waals surface area contributed by atoms with Crippen LogP contribution < -0.4 is 15.9 Å². The molecule has 0 aromatic heterocycles. The van der Waals surface area contributed by atoms with Crippen molar-refractivity contribution in [3.63, 3.8) is 0 Å². The van der Waals surface area contributed by atoms with Crippen molar-refractivity contribution >= 4 is 37.4 Å². The Balaban J connectivity index is 0.000000325. The normalized spacial score (nSPS) is 10.3. The van der Waals surface area contributed by atoms with E-state index in [4.69, 9.17) is 0 Å². The van der Waals surface area contributed by atoms with Crippen LogP contribution in [-0.4, -0.2) is 0 Å². The third-order valence-corrected chi connectivity index (χ3v) is 10.5. The molecule has 0 saturated heterocycles. The van der Waals surface area contributed by atoms with E-state index in [2.05, 4.69) is 100 Å². The average Bonchev–Trinajstić information content (AvgIpc) is 3.38. The first kappa shape index (κ1) is 19.9. The van der Waals surface area contributed by atoms with Gasteiger partial charge in [-0.3, -0.25) is 0 Å². The molecule has 0 spiro atoms. The molecule has 25 heavy (non-hydrogen) atoms. The first-order chi connectivity index (χ1) is 11.8. The number of rotatable bonds is 3. The molecule has 0 amide bonds. The van der Waals surface area contributed by atoms with Crippen LogP contribution in [0.1, 0.15) is 0 Å². The zero-order valence-electron chi connectivity index (χ0n) is 13.6. The van der Waals surface area contributed by atoms with Gasteiger partial charge in [0, 0.05) is 22.4 Å². The maximum atomic E-state index is 4.10. The number of hydrogen-bond acceptors (Lipinski definition) is 0. The predicted molar refractivity (Wildman–Crippen MR) is 112 cm³/mol. The molecule has 4 rings (SSSR count). The van der Waals surface area contributed by atoms with E-state index in [9.17, 15) is 0 Å². The largest absolute Gasteiger partial charge is 0.748 e. The molecule has 0 aliphatic rings. The summed E-state index contributed by atoms with van der Waals surface area (Å²) in [5, 5.41) is 4.07. The minimum Gasteiger partial charge on any atom is -0.748 e. The Bertz CT molecular complexity index is 752. The first-order valence-electron chi connectivity index (χ1n) is 7.91. The third-order valence-electron chi connectivity index (χ3n) is 3.78. The molecule has 0 atom stereocenters. The summed E-state index contributed by atoms with van der Waals surface area (Å²) in [4.78, 5) is 0. The summed E-state index contributed by atoms with van der Waals surface area (Å²) in [6.07, 6.45) is 0. The Labute approximate surface area is 169 Å². The smallest absolute Gasteiger partial charge is 0.143 e. The van der Waals surface area contributed by atoms with Gasteiger partial charge in [0.15, 0.2) is 0 Å². The molecule has 0 bridgehead atoms. The van der Waals surface area contributed by atoms with Crippen LogP contribution in [0.25, 0.3) is 0 Å². The van der Waals surface area contributed by atoms with Crippen molar-refractivity contribution in [1.82, 2.24) is 0 Å². The van der Waals surface area contributed by atoms with Gasteiger partial charge >= 0.3 is 0 Å². The number of hydrogen-bond donors (Lipinski definition) is 0. The standard InChI is InChI=1S/C17H14BrP.C5H5.Fe/c18-19(17-13-7-8-14-17,15-9-3-1-4-10-15)16-11-5-2-6-12-16;1-2-4-5-3-1;/h1-14H;1-5H;/q;-5;. The van der Waals surface area contributed by atoms with Gasteiger partial charge in [0.1, 0.15) is 32.1 Å². The molecule has 0 unspecified atom stereocenters. The third kappa shape index (κ3) is 4.81. The van der Waals surface area contributed by atoms with Gasteiger partial charge in [-0.2, -0.15) is 0 Å². The average molecular weight is 450 g/mol. The van der Waals surface area contributed by atoms with E-state index in [-0.39, 0.29) is 17.1 Å². The fraction of sp³-hybridized carbons (Fsp3) is 0. The summed E-state index contributed by atoms with van der Waals surface area (Å²) < 4.78 is 0. The SMILES string of the molecule is Br[P+](c1ccccc1)(c1ccccc1)[c-]1cccc1.[Fe].[cH-]1[cH-][cH-][cH-][cH-]1. The predicted octanol–water partition coefficient (Wildman–Crippen LogP) is 5.41. The molecular weight excluding hydrogens is 431 g/mol. The van der Waals surface area contributed by atoms with Crippen molar-refractivity contribution < 1.29 is 17.1 Å². The minimum atomic E-state index is -1.67. The van der Waals surface area contributed by atoms with Gasteiger partial charge in [0.05, 0.1) is 0 Å². The zero-order valence-corrected chi connectivity index (χ0v) is 17.2. The van der Waals surface area contributed by atoms with E-state index in [1.807, 2.05) is 30.3 Å². The minimum absolute atomic E-state index is 0. The van der Waals surface area contributed by atoms with E-state index >= 15 is 0 Å². The van der Waals surface area contributed by atoms with Gasteiger partial charge in [-0.1, -0.05) is 36.4 Å². The van der Waals surface area contributed by atoms with Gasteiger partial charge < -0.3 is 30.3 Å². The van der Waals surface area contributed by atoms with Crippen LogP contribution >= 0.6 is 21.5 Å². The van der Waals surface area contributed by atoms with Crippen LogP contribution in [-0.2, 0) is 17.1 Å². The van der Waals surface area contributed by atoms with Crippen LogP contribution in [0.4, 0.5) is 0 Å². The van der Waals surface area contributed by atoms with E-state index in [1.54, 1.807) is 0 Å². The van der Waals surface area contributed by atoms with Gasteiger partial charge in [-0.05, 0) is 24.3 Å². The van der Waals surface area contributed by atoms with Crippen LogP contribution in [0.5, 0.6) is 0 Å². The van der Waals surface area contributed by atoms with Gasteiger partial charge in [-0.25, -0.2) is 12.1 Å². The van der Waals surface area contributed by atoms with Crippen molar-refractivity contribution in [2.24, 2.45) is 0 Å². The van der Waals surface area contributed by atoms with Gasteiger partial charge in [-0.15, -0.1) is 12.1 Å². The molecule has 0 fully saturated rings. The van der Waals surface area contributed by atoms with Gasteiger partial charge in [0.25, 0.3) is 0 Å². The first-order valence-corrected chi connectivity index (χ1v) is 11.7. The summed E-state index contributed by atoms with van der Waals surface area (Å²) >= 11 is 4.10. The molecule has 0 saturated carbocycles. The summed E-state index contributed by atoms with van der Waals surface area (Å²) in [5.74, 6) is -1.67. The van der Waals surface area contributed by atoms with E-state index in [1.165, 1.54) is 15.9 Å². The van der Waals surface area contributed by atoms with E-state index < -0.39 is 5.96 Å². The second-order valence-electron chi connectivity index (χ2n) is 5.37. The second kappa shape index (κ2) is 9.90. The zero-order chi connectivity index (χ0) is 16.7. The van der Waals surface area contributed by atoms with Crippen molar-refractivity contribution in [3.05, 3.63) is 115 Å². The maximum absolute atomic E-state index is 4.10. The van der Waals surface area contributed by atoms with Crippen LogP contribution in [0.2, 0.25) is 0 Å². The quantitative estimate of drug-likeness (QED) is 0.223. The molecule has 132 valence electrons. The van der Waals surface area contributed by atoms with Gasteiger partial charge in [0.2, 0.25) is 0 Å². The monoisotopic (exact) mass is 449 g/mol. The van der Waals surface area contributed by atoms with Crippen LogP contribution in [0.3, 0.4) is 0 Å². The maximum Gasteiger partial charge on any atom is 0.143 e. The molecule has 0 radical (unpaired) electrons. The molecular formula is C22H19BrFeP-5. The molecule has 0 aliphatic carbocycles. The molecule has 0 aliphatic heterocycles. The Morgan fingerprint density at radius 3 is 1.32 bits per heavy atom. The Kier molecular flexibility index (Phi) is 7.87. The van der Waals surface area contributed by atoms with Crippen molar-refractivity contribution in [1.29, 1.82) is 0 Å². The Hall–Kier alpha value is -1.43. The molecule has 4 aromatic carbocycles. The van der Waals surface area contributed by atoms with E-state index in [0.717, 1.165) is 0 Å². The van der Waals surface area contributed by atoms with Crippen molar-refractivity contribution in [2.45, 2.75) is 0 Å². The Morgan fingerprint density at radius 1 is 0.600 bits per heavy atom. The summed E-state index contributed by atoms with van der Waals surface area (Å²) in [6.45, 7) is 0. The van der Waals surface area contributed by atoms with Crippen molar-refractivity contribution in [3.8, 4) is 0 Å². The molecule has 0 heterocycles. The molecule has 0 N–H and O–H groups in total. The second-order valence-corrected chi connectivity index (χ2v) is 11.3. The van der Waals surface area contributed by atoms with E-state index in [0.29, 0.717) is 0 Å². The summed E-state index contributed by atoms with van der Waals surface area (Å²) in [5.41, 5.74) is 0. The number of benzene rings is 2. The van der Waals surface area contributed by atoms with Crippen molar-refractivity contribution in [2.75, 3.05) is 0 Å². The molecule has 4 aromatic rings. The topological polar surface area (TPSA) is 0 Å². The number of halogens is 1. The fourth-order valence-electron chi connectivity index (χ4n) is 2.60. The Morgan fingerprint density at radius 2 is 0.960 bits per heavy atom. The summed E-state index contributed by atoms with van der Waals surface area (Å²) in [6, 6.07) is 40.0. The van der Waals surface area contributed by atoms with Crippen LogP contribution in [0, 0.1) is 0 Å².